The van der Waals surface area contributed by atoms with Gasteiger partial charge in [-0.3, -0.25) is 4.21 Å². The lowest BCUT2D eigenvalue weighted by Gasteiger charge is -2.14. The SMILES string of the molecule is O=S([O-])NCCCN1CCC(F)C1. The third-order valence-corrected chi connectivity index (χ3v) is 2.53. The monoisotopic (exact) mass is 209 g/mol. The number of alkyl halides is 1. The summed E-state index contributed by atoms with van der Waals surface area (Å²) in [4.78, 5) is 2.01. The predicted octanol–water partition coefficient (Wildman–Crippen LogP) is -0.196. The first-order chi connectivity index (χ1) is 6.18. The molecular weight excluding hydrogens is 195 g/mol. The molecule has 4 nitrogen and oxygen atoms in total. The van der Waals surface area contributed by atoms with Gasteiger partial charge in [0.1, 0.15) is 6.17 Å². The Labute approximate surface area is 79.9 Å². The molecular formula is C7H14FN2O2S-. The van der Waals surface area contributed by atoms with Crippen LogP contribution in [-0.4, -0.2) is 46.0 Å². The van der Waals surface area contributed by atoms with Crippen LogP contribution in [0.5, 0.6) is 0 Å². The molecule has 1 fully saturated rings. The minimum absolute atomic E-state index is 0.434. The molecule has 1 rings (SSSR count). The molecule has 0 bridgehead atoms. The molecule has 0 amide bonds. The summed E-state index contributed by atoms with van der Waals surface area (Å²) in [5.41, 5.74) is 0. The lowest BCUT2D eigenvalue weighted by Crippen LogP contribution is -2.26. The second-order valence-corrected chi connectivity index (χ2v) is 3.93. The molecule has 1 N–H and O–H groups in total. The van der Waals surface area contributed by atoms with E-state index in [1.54, 1.807) is 0 Å². The fraction of sp³-hybridized carbons (Fsp3) is 1.00. The summed E-state index contributed by atoms with van der Waals surface area (Å²) < 4.78 is 35.1. The maximum Gasteiger partial charge on any atom is 0.114 e. The van der Waals surface area contributed by atoms with Gasteiger partial charge in [-0.25, -0.2) is 9.11 Å². The van der Waals surface area contributed by atoms with Crippen molar-refractivity contribution in [1.82, 2.24) is 9.62 Å². The highest BCUT2D eigenvalue weighted by atomic mass is 32.2. The smallest absolute Gasteiger partial charge is 0.114 e. The zero-order chi connectivity index (χ0) is 9.68. The number of nitrogens with one attached hydrogen (secondary N) is 1. The molecule has 0 aliphatic carbocycles. The van der Waals surface area contributed by atoms with Crippen LogP contribution in [0.4, 0.5) is 4.39 Å². The molecule has 78 valence electrons. The minimum Gasteiger partial charge on any atom is -0.760 e. The van der Waals surface area contributed by atoms with Gasteiger partial charge in [0.05, 0.1) is 0 Å². The number of hydrogen-bond donors (Lipinski definition) is 1. The van der Waals surface area contributed by atoms with Crippen molar-refractivity contribution in [2.45, 2.75) is 19.0 Å². The molecule has 0 aromatic heterocycles. The lowest BCUT2D eigenvalue weighted by atomic mass is 10.3. The molecule has 0 radical (unpaired) electrons. The fourth-order valence-electron chi connectivity index (χ4n) is 1.45. The number of rotatable bonds is 5. The van der Waals surface area contributed by atoms with Crippen LogP contribution in [0.3, 0.4) is 0 Å². The standard InChI is InChI=1S/C7H15FN2O2S/c8-7-2-5-10(6-7)4-1-3-9-13(11)12/h7,9H,1-6H2,(H,11,12)/p-1. The summed E-state index contributed by atoms with van der Waals surface area (Å²) in [7, 11) is 0. The molecule has 0 aromatic carbocycles. The first-order valence-electron chi connectivity index (χ1n) is 4.37. The van der Waals surface area contributed by atoms with E-state index in [9.17, 15) is 13.2 Å². The highest BCUT2D eigenvalue weighted by molar-refractivity contribution is 7.77. The van der Waals surface area contributed by atoms with Gasteiger partial charge in [0.25, 0.3) is 0 Å². The van der Waals surface area contributed by atoms with E-state index in [-0.39, 0.29) is 0 Å². The Hall–Kier alpha value is -0.0400. The molecule has 0 spiro atoms. The van der Waals surface area contributed by atoms with Gasteiger partial charge in [-0.05, 0) is 19.4 Å². The molecule has 2 atom stereocenters. The van der Waals surface area contributed by atoms with Crippen LogP contribution in [-0.2, 0) is 11.3 Å². The van der Waals surface area contributed by atoms with Crippen molar-refractivity contribution < 1.29 is 13.2 Å². The van der Waals surface area contributed by atoms with Gasteiger partial charge in [0.2, 0.25) is 0 Å². The topological polar surface area (TPSA) is 55.4 Å². The van der Waals surface area contributed by atoms with Crippen LogP contribution in [0.1, 0.15) is 12.8 Å². The van der Waals surface area contributed by atoms with Gasteiger partial charge in [-0.15, -0.1) is 0 Å². The highest BCUT2D eigenvalue weighted by Gasteiger charge is 2.20. The van der Waals surface area contributed by atoms with Crippen molar-refractivity contribution >= 4 is 11.3 Å². The normalized spacial score (nSPS) is 26.5. The van der Waals surface area contributed by atoms with Crippen molar-refractivity contribution in [3.8, 4) is 0 Å². The largest absolute Gasteiger partial charge is 0.760 e. The zero-order valence-corrected chi connectivity index (χ0v) is 8.19. The second kappa shape index (κ2) is 5.64. The van der Waals surface area contributed by atoms with Gasteiger partial charge in [0, 0.05) is 30.9 Å². The van der Waals surface area contributed by atoms with Crippen molar-refractivity contribution in [2.75, 3.05) is 26.2 Å². The van der Waals surface area contributed by atoms with Crippen molar-refractivity contribution in [2.24, 2.45) is 0 Å². The molecule has 6 heteroatoms. The van der Waals surface area contributed by atoms with E-state index in [4.69, 9.17) is 0 Å². The van der Waals surface area contributed by atoms with Crippen LogP contribution in [0, 0.1) is 0 Å². The second-order valence-electron chi connectivity index (χ2n) is 3.17. The Balaban J connectivity index is 1.97. The number of nitrogens with zero attached hydrogens (tertiary/aromatic N) is 1. The van der Waals surface area contributed by atoms with Crippen LogP contribution in [0.2, 0.25) is 0 Å². The van der Waals surface area contributed by atoms with Crippen LogP contribution in [0.15, 0.2) is 0 Å². The summed E-state index contributed by atoms with van der Waals surface area (Å²) in [6.45, 7) is 2.50. The molecule has 0 saturated carbocycles. The molecule has 0 aromatic rings. The number of likely N-dealkylation sites (tertiary alicyclic amines) is 1. The first-order valence-corrected chi connectivity index (χ1v) is 5.45. The highest BCUT2D eigenvalue weighted by Crippen LogP contribution is 2.11. The van der Waals surface area contributed by atoms with E-state index in [0.717, 1.165) is 19.5 Å². The number of hydrogen-bond acceptors (Lipinski definition) is 3. The molecule has 13 heavy (non-hydrogen) atoms. The fourth-order valence-corrected chi connectivity index (χ4v) is 1.76. The van der Waals surface area contributed by atoms with Gasteiger partial charge in [-0.1, -0.05) is 0 Å². The zero-order valence-electron chi connectivity index (χ0n) is 7.37. The van der Waals surface area contributed by atoms with E-state index in [2.05, 4.69) is 4.72 Å². The summed E-state index contributed by atoms with van der Waals surface area (Å²) in [6, 6.07) is 0. The van der Waals surface area contributed by atoms with E-state index in [1.807, 2.05) is 4.90 Å². The Bertz CT molecular complexity index is 182. The maximum atomic E-state index is 12.7. The molecule has 1 aliphatic rings. The van der Waals surface area contributed by atoms with Gasteiger partial charge in [-0.2, -0.15) is 0 Å². The predicted molar refractivity (Wildman–Crippen MR) is 47.5 cm³/mol. The summed E-state index contributed by atoms with van der Waals surface area (Å²) in [5, 5.41) is 0. The summed E-state index contributed by atoms with van der Waals surface area (Å²) in [5.74, 6) is 0. The average molecular weight is 209 g/mol. The quantitative estimate of drug-likeness (QED) is 0.504. The van der Waals surface area contributed by atoms with E-state index < -0.39 is 17.4 Å². The Kier molecular flexibility index (Phi) is 4.79. The third kappa shape index (κ3) is 4.66. The van der Waals surface area contributed by atoms with Crippen LogP contribution in [0.25, 0.3) is 0 Å². The Morgan fingerprint density at radius 3 is 3.00 bits per heavy atom. The average Bonchev–Trinajstić information content (AvgIpc) is 2.45. The molecule has 1 aliphatic heterocycles. The molecule has 2 unspecified atom stereocenters. The van der Waals surface area contributed by atoms with Crippen molar-refractivity contribution in [1.29, 1.82) is 0 Å². The van der Waals surface area contributed by atoms with Gasteiger partial charge < -0.3 is 9.45 Å². The Morgan fingerprint density at radius 1 is 1.69 bits per heavy atom. The summed E-state index contributed by atoms with van der Waals surface area (Å²) >= 11 is -2.17. The van der Waals surface area contributed by atoms with Crippen molar-refractivity contribution in [3.63, 3.8) is 0 Å². The van der Waals surface area contributed by atoms with E-state index in [0.29, 0.717) is 19.5 Å². The Morgan fingerprint density at radius 2 is 2.46 bits per heavy atom. The summed E-state index contributed by atoms with van der Waals surface area (Å²) in [6.07, 6.45) is 0.656. The lowest BCUT2D eigenvalue weighted by molar-refractivity contribution is 0.285. The first kappa shape index (κ1) is 11.0. The van der Waals surface area contributed by atoms with Gasteiger partial charge in [0.15, 0.2) is 0 Å². The van der Waals surface area contributed by atoms with Crippen LogP contribution < -0.4 is 4.72 Å². The van der Waals surface area contributed by atoms with Crippen LogP contribution >= 0.6 is 0 Å². The minimum atomic E-state index is -2.17. The van der Waals surface area contributed by atoms with E-state index in [1.165, 1.54) is 0 Å². The van der Waals surface area contributed by atoms with Gasteiger partial charge >= 0.3 is 0 Å². The third-order valence-electron chi connectivity index (χ3n) is 2.09. The van der Waals surface area contributed by atoms with Crippen molar-refractivity contribution in [3.05, 3.63) is 0 Å². The maximum absolute atomic E-state index is 12.7. The number of halogens is 1. The molecule has 1 saturated heterocycles. The molecule has 1 heterocycles. The van der Waals surface area contributed by atoms with E-state index >= 15 is 0 Å².